The lowest BCUT2D eigenvalue weighted by Gasteiger charge is -2.16. The predicted octanol–water partition coefficient (Wildman–Crippen LogP) is 3.62. The maximum absolute atomic E-state index is 5.79. The molecule has 0 fully saturated rings. The minimum atomic E-state index is 0.327. The average molecular weight is 186 g/mol. The zero-order valence-corrected chi connectivity index (χ0v) is 8.73. The number of hydrogen-bond donors (Lipinski definition) is 0. The van der Waals surface area contributed by atoms with Gasteiger partial charge in [0.25, 0.3) is 0 Å². The lowest BCUT2D eigenvalue weighted by atomic mass is 9.93. The van der Waals surface area contributed by atoms with Crippen LogP contribution in [0.25, 0.3) is 0 Å². The van der Waals surface area contributed by atoms with E-state index < -0.39 is 0 Å². The summed E-state index contributed by atoms with van der Waals surface area (Å²) in [6.45, 7) is 13.5. The molecule has 12 heavy (non-hydrogen) atoms. The Kier molecular flexibility index (Phi) is 4.91. The molecule has 1 nitrogen and oxygen atoms in total. The van der Waals surface area contributed by atoms with Crippen LogP contribution >= 0.6 is 11.6 Å². The molecule has 2 heteroatoms. The van der Waals surface area contributed by atoms with Crippen molar-refractivity contribution >= 4 is 17.3 Å². The van der Waals surface area contributed by atoms with Gasteiger partial charge in [-0.1, -0.05) is 45.5 Å². The molecule has 0 aromatic carbocycles. The van der Waals surface area contributed by atoms with Gasteiger partial charge in [-0.2, -0.15) is 0 Å². The molecule has 0 rings (SSSR count). The van der Waals surface area contributed by atoms with Crippen molar-refractivity contribution in [3.05, 3.63) is 24.4 Å². The van der Waals surface area contributed by atoms with Crippen LogP contribution in [-0.2, 0) is 0 Å². The third-order valence-corrected chi connectivity index (χ3v) is 2.13. The van der Waals surface area contributed by atoms with E-state index in [0.717, 1.165) is 5.71 Å². The fraction of sp³-hybridized carbons (Fsp3) is 0.500. The van der Waals surface area contributed by atoms with Gasteiger partial charge in [0.05, 0.1) is 10.7 Å². The Morgan fingerprint density at radius 3 is 2.17 bits per heavy atom. The normalized spacial score (nSPS) is 14.6. The second kappa shape index (κ2) is 5.15. The van der Waals surface area contributed by atoms with Gasteiger partial charge in [-0.3, -0.25) is 4.99 Å². The molecule has 1 atom stereocenters. The summed E-state index contributed by atoms with van der Waals surface area (Å²) in [6.07, 6.45) is 1.50. The predicted molar refractivity (Wildman–Crippen MR) is 56.6 cm³/mol. The van der Waals surface area contributed by atoms with Gasteiger partial charge < -0.3 is 0 Å². The summed E-state index contributed by atoms with van der Waals surface area (Å²) in [5, 5.41) is 0.510. The SMILES string of the molecule is C=CN=C(C(=C)Cl)C(C)C(C)C. The van der Waals surface area contributed by atoms with E-state index in [2.05, 4.69) is 38.9 Å². The van der Waals surface area contributed by atoms with Crippen LogP contribution in [0, 0.1) is 11.8 Å². The van der Waals surface area contributed by atoms with Gasteiger partial charge in [-0.15, -0.1) is 0 Å². The number of halogens is 1. The Bertz CT molecular complexity index is 204. The minimum Gasteiger partial charge on any atom is -0.260 e. The minimum absolute atomic E-state index is 0.327. The van der Waals surface area contributed by atoms with Crippen molar-refractivity contribution in [2.75, 3.05) is 0 Å². The lowest BCUT2D eigenvalue weighted by molar-refractivity contribution is 0.533. The summed E-state index contributed by atoms with van der Waals surface area (Å²) in [5.41, 5.74) is 0.835. The number of rotatable bonds is 4. The first-order chi connectivity index (χ1) is 5.50. The highest BCUT2D eigenvalue weighted by Gasteiger charge is 2.15. The molecular weight excluding hydrogens is 170 g/mol. The van der Waals surface area contributed by atoms with E-state index in [-0.39, 0.29) is 0 Å². The molecule has 0 aliphatic carbocycles. The van der Waals surface area contributed by atoms with E-state index in [9.17, 15) is 0 Å². The van der Waals surface area contributed by atoms with E-state index in [1.807, 2.05) is 0 Å². The first-order valence-electron chi connectivity index (χ1n) is 4.04. The first-order valence-corrected chi connectivity index (χ1v) is 4.41. The van der Waals surface area contributed by atoms with Crippen molar-refractivity contribution in [2.24, 2.45) is 16.8 Å². The van der Waals surface area contributed by atoms with Crippen LogP contribution < -0.4 is 0 Å². The van der Waals surface area contributed by atoms with Gasteiger partial charge in [-0.05, 0) is 5.92 Å². The highest BCUT2D eigenvalue weighted by Crippen LogP contribution is 2.18. The van der Waals surface area contributed by atoms with Gasteiger partial charge in [0.2, 0.25) is 0 Å². The van der Waals surface area contributed by atoms with E-state index in [4.69, 9.17) is 11.6 Å². The third kappa shape index (κ3) is 3.22. The molecule has 0 spiro atoms. The van der Waals surface area contributed by atoms with Crippen molar-refractivity contribution in [2.45, 2.75) is 20.8 Å². The van der Waals surface area contributed by atoms with Crippen molar-refractivity contribution in [1.29, 1.82) is 0 Å². The monoisotopic (exact) mass is 185 g/mol. The fourth-order valence-electron chi connectivity index (χ4n) is 0.849. The van der Waals surface area contributed by atoms with E-state index in [1.54, 1.807) is 0 Å². The zero-order valence-electron chi connectivity index (χ0n) is 7.97. The van der Waals surface area contributed by atoms with Gasteiger partial charge in [0.1, 0.15) is 0 Å². The Morgan fingerprint density at radius 2 is 1.92 bits per heavy atom. The highest BCUT2D eigenvalue weighted by molar-refractivity contribution is 6.43. The van der Waals surface area contributed by atoms with Crippen LogP contribution in [0.1, 0.15) is 20.8 Å². The zero-order chi connectivity index (χ0) is 9.72. The standard InChI is InChI=1S/C10H16ClN/c1-6-12-10(9(5)11)8(4)7(2)3/h6-8H,1,5H2,2-4H3. The highest BCUT2D eigenvalue weighted by atomic mass is 35.5. The molecule has 0 aromatic heterocycles. The maximum atomic E-state index is 5.79. The van der Waals surface area contributed by atoms with E-state index in [0.29, 0.717) is 16.9 Å². The van der Waals surface area contributed by atoms with Crippen LogP contribution in [0.15, 0.2) is 29.4 Å². The van der Waals surface area contributed by atoms with Crippen molar-refractivity contribution in [1.82, 2.24) is 0 Å². The van der Waals surface area contributed by atoms with E-state index >= 15 is 0 Å². The van der Waals surface area contributed by atoms with Crippen molar-refractivity contribution in [3.63, 3.8) is 0 Å². The molecule has 0 amide bonds. The second-order valence-electron chi connectivity index (χ2n) is 3.13. The summed E-state index contributed by atoms with van der Waals surface area (Å²) >= 11 is 5.79. The molecule has 0 heterocycles. The quantitative estimate of drug-likeness (QED) is 0.594. The maximum Gasteiger partial charge on any atom is 0.0613 e. The van der Waals surface area contributed by atoms with Crippen LogP contribution in [0.2, 0.25) is 0 Å². The second-order valence-corrected chi connectivity index (χ2v) is 3.59. The van der Waals surface area contributed by atoms with Gasteiger partial charge in [-0.25, -0.2) is 0 Å². The van der Waals surface area contributed by atoms with E-state index in [1.165, 1.54) is 6.20 Å². The summed E-state index contributed by atoms with van der Waals surface area (Å²) in [6, 6.07) is 0. The molecule has 0 aliphatic heterocycles. The summed E-state index contributed by atoms with van der Waals surface area (Å²) < 4.78 is 0. The number of aliphatic imine (C=N–C) groups is 1. The number of nitrogens with zero attached hydrogens (tertiary/aromatic N) is 1. The Balaban J connectivity index is 4.63. The Labute approximate surface area is 79.8 Å². The first kappa shape index (κ1) is 11.4. The molecule has 0 aliphatic rings. The van der Waals surface area contributed by atoms with Crippen molar-refractivity contribution in [3.8, 4) is 0 Å². The Hall–Kier alpha value is -0.560. The van der Waals surface area contributed by atoms with Crippen LogP contribution in [0.4, 0.5) is 0 Å². The largest absolute Gasteiger partial charge is 0.260 e. The molecule has 0 saturated heterocycles. The van der Waals surface area contributed by atoms with Crippen LogP contribution in [-0.4, -0.2) is 5.71 Å². The number of hydrogen-bond acceptors (Lipinski definition) is 1. The van der Waals surface area contributed by atoms with Crippen molar-refractivity contribution < 1.29 is 0 Å². The summed E-state index contributed by atoms with van der Waals surface area (Å²) in [4.78, 5) is 4.09. The third-order valence-electron chi connectivity index (χ3n) is 1.94. The van der Waals surface area contributed by atoms with Crippen LogP contribution in [0.5, 0.6) is 0 Å². The lowest BCUT2D eigenvalue weighted by Crippen LogP contribution is -2.16. The molecule has 1 unspecified atom stereocenters. The van der Waals surface area contributed by atoms with Crippen LogP contribution in [0.3, 0.4) is 0 Å². The van der Waals surface area contributed by atoms with Gasteiger partial charge in [0, 0.05) is 12.1 Å². The topological polar surface area (TPSA) is 12.4 Å². The molecule has 0 aromatic rings. The summed E-state index contributed by atoms with van der Waals surface area (Å²) in [5.74, 6) is 0.840. The fourth-order valence-corrected chi connectivity index (χ4v) is 1.07. The molecule has 0 saturated carbocycles. The van der Waals surface area contributed by atoms with Gasteiger partial charge >= 0.3 is 0 Å². The average Bonchev–Trinajstić information content (AvgIpc) is 1.98. The summed E-state index contributed by atoms with van der Waals surface area (Å²) in [7, 11) is 0. The van der Waals surface area contributed by atoms with Gasteiger partial charge in [0.15, 0.2) is 0 Å². The molecular formula is C10H16ClN. The molecule has 0 N–H and O–H groups in total. The molecule has 0 bridgehead atoms. The Morgan fingerprint density at radius 1 is 1.42 bits per heavy atom. The smallest absolute Gasteiger partial charge is 0.0613 e. The number of allylic oxidation sites excluding steroid dienone is 1. The molecule has 68 valence electrons. The molecule has 0 radical (unpaired) electrons.